The standard InChI is InChI=1S/C15H20ClN3O2/c1-19-8-6-18-15(19)11-21-14-5-3-4-13(16)12(14)10-17-7-9-20-2/h3-6,8,17H,7,9-11H2,1-2H3. The van der Waals surface area contributed by atoms with E-state index in [2.05, 4.69) is 10.3 Å². The molecule has 0 saturated carbocycles. The smallest absolute Gasteiger partial charge is 0.146 e. The van der Waals surface area contributed by atoms with E-state index in [1.54, 1.807) is 13.3 Å². The molecule has 0 atom stereocenters. The van der Waals surface area contributed by atoms with E-state index >= 15 is 0 Å². The molecule has 0 aliphatic heterocycles. The molecule has 114 valence electrons. The summed E-state index contributed by atoms with van der Waals surface area (Å²) in [5.41, 5.74) is 0.949. The zero-order chi connectivity index (χ0) is 15.1. The van der Waals surface area contributed by atoms with Crippen molar-refractivity contribution >= 4 is 11.6 Å². The number of rotatable bonds is 8. The molecule has 21 heavy (non-hydrogen) atoms. The number of benzene rings is 1. The third kappa shape index (κ3) is 4.46. The summed E-state index contributed by atoms with van der Waals surface area (Å²) in [4.78, 5) is 4.24. The molecule has 0 aliphatic carbocycles. The Bertz CT molecular complexity index is 572. The number of halogens is 1. The Morgan fingerprint density at radius 1 is 1.38 bits per heavy atom. The number of ether oxygens (including phenoxy) is 2. The van der Waals surface area contributed by atoms with Crippen molar-refractivity contribution in [2.24, 2.45) is 7.05 Å². The van der Waals surface area contributed by atoms with Gasteiger partial charge in [0.05, 0.1) is 6.61 Å². The molecule has 2 rings (SSSR count). The summed E-state index contributed by atoms with van der Waals surface area (Å²) < 4.78 is 12.8. The van der Waals surface area contributed by atoms with E-state index in [-0.39, 0.29) is 0 Å². The number of hydrogen-bond donors (Lipinski definition) is 1. The van der Waals surface area contributed by atoms with Crippen LogP contribution in [0.15, 0.2) is 30.6 Å². The number of nitrogens with zero attached hydrogens (tertiary/aromatic N) is 2. The van der Waals surface area contributed by atoms with E-state index < -0.39 is 0 Å². The second kappa shape index (κ2) is 8.02. The van der Waals surface area contributed by atoms with Crippen molar-refractivity contribution in [2.45, 2.75) is 13.2 Å². The Kier molecular flexibility index (Phi) is 6.04. The van der Waals surface area contributed by atoms with Gasteiger partial charge in [-0.25, -0.2) is 4.98 Å². The zero-order valence-corrected chi connectivity index (χ0v) is 13.1. The van der Waals surface area contributed by atoms with Crippen LogP contribution in [0.3, 0.4) is 0 Å². The molecule has 0 fully saturated rings. The number of aromatic nitrogens is 2. The summed E-state index contributed by atoms with van der Waals surface area (Å²) in [5.74, 6) is 1.64. The molecule has 2 aromatic rings. The molecule has 1 aromatic carbocycles. The van der Waals surface area contributed by atoms with Crippen molar-refractivity contribution in [2.75, 3.05) is 20.3 Å². The van der Waals surface area contributed by atoms with Crippen molar-refractivity contribution in [3.8, 4) is 5.75 Å². The van der Waals surface area contributed by atoms with Gasteiger partial charge in [0.1, 0.15) is 18.2 Å². The van der Waals surface area contributed by atoms with Crippen molar-refractivity contribution in [3.05, 3.63) is 47.0 Å². The molecule has 5 nitrogen and oxygen atoms in total. The summed E-state index contributed by atoms with van der Waals surface area (Å²) in [6.45, 7) is 2.47. The molecule has 0 saturated heterocycles. The monoisotopic (exact) mass is 309 g/mol. The maximum Gasteiger partial charge on any atom is 0.146 e. The zero-order valence-electron chi connectivity index (χ0n) is 12.3. The fraction of sp³-hybridized carbons (Fsp3) is 0.400. The van der Waals surface area contributed by atoms with Crippen LogP contribution in [-0.4, -0.2) is 29.8 Å². The maximum atomic E-state index is 6.26. The molecular weight excluding hydrogens is 290 g/mol. The van der Waals surface area contributed by atoms with Crippen LogP contribution in [0.1, 0.15) is 11.4 Å². The highest BCUT2D eigenvalue weighted by atomic mass is 35.5. The highest BCUT2D eigenvalue weighted by Crippen LogP contribution is 2.26. The Labute approximate surface area is 129 Å². The number of imidazole rings is 1. The molecule has 0 bridgehead atoms. The molecule has 1 N–H and O–H groups in total. The van der Waals surface area contributed by atoms with Gasteiger partial charge in [0, 0.05) is 50.2 Å². The normalized spacial score (nSPS) is 10.8. The summed E-state index contributed by atoms with van der Waals surface area (Å²) in [6, 6.07) is 5.67. The quantitative estimate of drug-likeness (QED) is 0.761. The average molecular weight is 310 g/mol. The SMILES string of the molecule is COCCNCc1c(Cl)cccc1OCc1nccn1C. The lowest BCUT2D eigenvalue weighted by Crippen LogP contribution is -2.19. The van der Waals surface area contributed by atoms with Crippen molar-refractivity contribution < 1.29 is 9.47 Å². The van der Waals surface area contributed by atoms with E-state index in [0.29, 0.717) is 24.8 Å². The summed E-state index contributed by atoms with van der Waals surface area (Å²) in [5, 5.41) is 3.97. The first-order chi connectivity index (χ1) is 10.2. The molecule has 0 aliphatic rings. The van der Waals surface area contributed by atoms with Gasteiger partial charge in [-0.05, 0) is 12.1 Å². The van der Waals surface area contributed by atoms with Gasteiger partial charge >= 0.3 is 0 Å². The van der Waals surface area contributed by atoms with Crippen LogP contribution < -0.4 is 10.1 Å². The number of hydrogen-bond acceptors (Lipinski definition) is 4. The van der Waals surface area contributed by atoms with Gasteiger partial charge in [0.15, 0.2) is 0 Å². The van der Waals surface area contributed by atoms with E-state index in [4.69, 9.17) is 21.1 Å². The largest absolute Gasteiger partial charge is 0.485 e. The minimum Gasteiger partial charge on any atom is -0.485 e. The van der Waals surface area contributed by atoms with Crippen LogP contribution in [0.5, 0.6) is 5.75 Å². The molecule has 0 amide bonds. The van der Waals surface area contributed by atoms with Gasteiger partial charge in [-0.3, -0.25) is 0 Å². The lowest BCUT2D eigenvalue weighted by molar-refractivity contribution is 0.199. The Morgan fingerprint density at radius 3 is 2.95 bits per heavy atom. The van der Waals surface area contributed by atoms with E-state index in [1.807, 2.05) is 36.0 Å². The topological polar surface area (TPSA) is 48.3 Å². The number of nitrogens with one attached hydrogen (secondary N) is 1. The average Bonchev–Trinajstić information content (AvgIpc) is 2.88. The Balaban J connectivity index is 2.01. The lowest BCUT2D eigenvalue weighted by atomic mass is 10.2. The summed E-state index contributed by atoms with van der Waals surface area (Å²) >= 11 is 6.26. The number of aryl methyl sites for hydroxylation is 1. The van der Waals surface area contributed by atoms with Crippen molar-refractivity contribution in [1.82, 2.24) is 14.9 Å². The summed E-state index contributed by atoms with van der Waals surface area (Å²) in [6.07, 6.45) is 3.65. The maximum absolute atomic E-state index is 6.26. The summed E-state index contributed by atoms with van der Waals surface area (Å²) in [7, 11) is 3.62. The molecule has 0 radical (unpaired) electrons. The Morgan fingerprint density at radius 2 is 2.24 bits per heavy atom. The van der Waals surface area contributed by atoms with E-state index in [1.165, 1.54) is 0 Å². The molecule has 1 heterocycles. The fourth-order valence-corrected chi connectivity index (χ4v) is 2.14. The van der Waals surface area contributed by atoms with Crippen LogP contribution in [0.25, 0.3) is 0 Å². The van der Waals surface area contributed by atoms with Crippen molar-refractivity contribution in [3.63, 3.8) is 0 Å². The van der Waals surface area contributed by atoms with Crippen LogP contribution in [-0.2, 0) is 24.9 Å². The first-order valence-electron chi connectivity index (χ1n) is 6.78. The molecule has 0 spiro atoms. The van der Waals surface area contributed by atoms with Gasteiger partial charge in [-0.15, -0.1) is 0 Å². The van der Waals surface area contributed by atoms with Crippen LogP contribution in [0, 0.1) is 0 Å². The minimum atomic E-state index is 0.412. The van der Waals surface area contributed by atoms with Crippen LogP contribution >= 0.6 is 11.6 Å². The van der Waals surface area contributed by atoms with E-state index in [0.717, 1.165) is 23.7 Å². The van der Waals surface area contributed by atoms with Gasteiger partial charge in [0.2, 0.25) is 0 Å². The Hall–Kier alpha value is -1.56. The molecular formula is C15H20ClN3O2. The first kappa shape index (κ1) is 15.8. The fourth-order valence-electron chi connectivity index (χ4n) is 1.91. The van der Waals surface area contributed by atoms with Crippen molar-refractivity contribution in [1.29, 1.82) is 0 Å². The van der Waals surface area contributed by atoms with Gasteiger partial charge in [-0.2, -0.15) is 0 Å². The highest BCUT2D eigenvalue weighted by molar-refractivity contribution is 6.31. The minimum absolute atomic E-state index is 0.412. The predicted octanol–water partition coefficient (Wildman–Crippen LogP) is 2.39. The van der Waals surface area contributed by atoms with Crippen LogP contribution in [0.2, 0.25) is 5.02 Å². The second-order valence-electron chi connectivity index (χ2n) is 4.63. The number of methoxy groups -OCH3 is 1. The first-order valence-corrected chi connectivity index (χ1v) is 7.16. The van der Waals surface area contributed by atoms with Gasteiger partial charge in [-0.1, -0.05) is 17.7 Å². The molecule has 0 unspecified atom stereocenters. The second-order valence-corrected chi connectivity index (χ2v) is 5.04. The molecule has 6 heteroatoms. The van der Waals surface area contributed by atoms with Gasteiger partial charge in [0.25, 0.3) is 0 Å². The predicted molar refractivity (Wildman–Crippen MR) is 82.6 cm³/mol. The third-order valence-electron chi connectivity index (χ3n) is 3.14. The molecule has 1 aromatic heterocycles. The van der Waals surface area contributed by atoms with Crippen LogP contribution in [0.4, 0.5) is 0 Å². The lowest BCUT2D eigenvalue weighted by Gasteiger charge is -2.13. The highest BCUT2D eigenvalue weighted by Gasteiger charge is 2.09. The third-order valence-corrected chi connectivity index (χ3v) is 3.49. The van der Waals surface area contributed by atoms with E-state index in [9.17, 15) is 0 Å². The van der Waals surface area contributed by atoms with Gasteiger partial charge < -0.3 is 19.4 Å².